The molecule has 2 aromatic carbocycles. The lowest BCUT2D eigenvalue weighted by atomic mass is 10.0. The highest BCUT2D eigenvalue weighted by molar-refractivity contribution is 5.87. The SMILES string of the molecule is C1CCCCC1.O=C(O)c1ccccc1.O=C(O)c1ccccc1. The normalized spacial score (nSPS) is 12.7. The second-order valence-electron chi connectivity index (χ2n) is 5.46. The summed E-state index contributed by atoms with van der Waals surface area (Å²) in [6, 6.07) is 16.6. The quantitative estimate of drug-likeness (QED) is 0.803. The molecule has 0 atom stereocenters. The first-order valence-electron chi connectivity index (χ1n) is 8.18. The lowest BCUT2D eigenvalue weighted by molar-refractivity contribution is 0.0686. The first kappa shape index (κ1) is 19.4. The summed E-state index contributed by atoms with van der Waals surface area (Å²) in [7, 11) is 0. The number of aromatic carboxylic acids is 2. The molecular weight excluding hydrogens is 304 g/mol. The summed E-state index contributed by atoms with van der Waals surface area (Å²) in [6.45, 7) is 0. The third-order valence-corrected chi connectivity index (χ3v) is 3.54. The Balaban J connectivity index is 0.000000184. The number of carboxylic acids is 2. The summed E-state index contributed by atoms with van der Waals surface area (Å²) < 4.78 is 0. The van der Waals surface area contributed by atoms with Gasteiger partial charge in [-0.05, 0) is 24.3 Å². The van der Waals surface area contributed by atoms with E-state index in [1.54, 1.807) is 60.7 Å². The standard InChI is InChI=1S/2C7H6O2.C6H12/c2*8-7(9)6-4-2-1-3-5-6;1-2-4-6-5-3-1/h2*1-5H,(H,8,9);1-6H2. The van der Waals surface area contributed by atoms with Crippen LogP contribution in [0, 0.1) is 0 Å². The fourth-order valence-electron chi connectivity index (χ4n) is 2.22. The molecule has 0 unspecified atom stereocenters. The molecule has 4 nitrogen and oxygen atoms in total. The van der Waals surface area contributed by atoms with Crippen LogP contribution < -0.4 is 0 Å². The molecule has 24 heavy (non-hydrogen) atoms. The molecule has 128 valence electrons. The van der Waals surface area contributed by atoms with Gasteiger partial charge in [0, 0.05) is 0 Å². The van der Waals surface area contributed by atoms with Gasteiger partial charge in [0.2, 0.25) is 0 Å². The third kappa shape index (κ3) is 8.73. The molecular formula is C20H24O4. The highest BCUT2D eigenvalue weighted by Crippen LogP contribution is 2.15. The molecule has 0 aliphatic heterocycles. The Bertz CT molecular complexity index is 529. The second-order valence-corrected chi connectivity index (χ2v) is 5.46. The lowest BCUT2D eigenvalue weighted by Gasteiger charge is -2.05. The van der Waals surface area contributed by atoms with Crippen molar-refractivity contribution in [3.05, 3.63) is 71.8 Å². The molecule has 0 saturated heterocycles. The lowest BCUT2D eigenvalue weighted by Crippen LogP contribution is -1.93. The molecule has 1 aliphatic rings. The Labute approximate surface area is 142 Å². The maximum atomic E-state index is 10.2. The van der Waals surface area contributed by atoms with Crippen LogP contribution in [0.3, 0.4) is 0 Å². The Hall–Kier alpha value is -2.62. The van der Waals surface area contributed by atoms with Crippen molar-refractivity contribution in [2.24, 2.45) is 0 Å². The number of hydrogen-bond acceptors (Lipinski definition) is 2. The number of carbonyl (C=O) groups is 2. The monoisotopic (exact) mass is 328 g/mol. The van der Waals surface area contributed by atoms with Gasteiger partial charge in [-0.15, -0.1) is 0 Å². The number of carboxylic acid groups (broad SMARTS) is 2. The molecule has 2 N–H and O–H groups in total. The molecule has 2 aromatic rings. The molecule has 1 aliphatic carbocycles. The number of rotatable bonds is 2. The van der Waals surface area contributed by atoms with Gasteiger partial charge in [-0.2, -0.15) is 0 Å². The Morgan fingerprint density at radius 2 is 0.792 bits per heavy atom. The van der Waals surface area contributed by atoms with E-state index in [-0.39, 0.29) is 0 Å². The van der Waals surface area contributed by atoms with E-state index in [1.807, 2.05) is 0 Å². The topological polar surface area (TPSA) is 74.6 Å². The molecule has 0 spiro atoms. The third-order valence-electron chi connectivity index (χ3n) is 3.54. The average Bonchev–Trinajstić information content (AvgIpc) is 2.65. The van der Waals surface area contributed by atoms with Gasteiger partial charge in [0.05, 0.1) is 11.1 Å². The van der Waals surface area contributed by atoms with E-state index in [9.17, 15) is 9.59 Å². The van der Waals surface area contributed by atoms with Gasteiger partial charge >= 0.3 is 11.9 Å². The van der Waals surface area contributed by atoms with E-state index in [4.69, 9.17) is 10.2 Å². The number of benzene rings is 2. The van der Waals surface area contributed by atoms with Crippen molar-refractivity contribution < 1.29 is 19.8 Å². The van der Waals surface area contributed by atoms with Crippen LogP contribution >= 0.6 is 0 Å². The minimum Gasteiger partial charge on any atom is -0.478 e. The molecule has 3 rings (SSSR count). The Morgan fingerprint density at radius 1 is 0.542 bits per heavy atom. The zero-order chi connectivity index (χ0) is 17.6. The van der Waals surface area contributed by atoms with E-state index in [2.05, 4.69) is 0 Å². The van der Waals surface area contributed by atoms with Gasteiger partial charge in [-0.3, -0.25) is 0 Å². The summed E-state index contributed by atoms with van der Waals surface area (Å²) >= 11 is 0. The van der Waals surface area contributed by atoms with Gasteiger partial charge in [0.25, 0.3) is 0 Å². The largest absolute Gasteiger partial charge is 0.478 e. The van der Waals surface area contributed by atoms with E-state index in [0.29, 0.717) is 11.1 Å². The average molecular weight is 328 g/mol. The van der Waals surface area contributed by atoms with Gasteiger partial charge in [-0.1, -0.05) is 74.9 Å². The maximum Gasteiger partial charge on any atom is 0.335 e. The maximum absolute atomic E-state index is 10.2. The molecule has 0 heterocycles. The van der Waals surface area contributed by atoms with Crippen molar-refractivity contribution in [3.63, 3.8) is 0 Å². The zero-order valence-electron chi connectivity index (χ0n) is 13.7. The first-order valence-corrected chi connectivity index (χ1v) is 8.18. The van der Waals surface area contributed by atoms with Crippen molar-refractivity contribution in [1.29, 1.82) is 0 Å². The van der Waals surface area contributed by atoms with Crippen molar-refractivity contribution in [2.75, 3.05) is 0 Å². The summed E-state index contributed by atoms with van der Waals surface area (Å²) in [5.74, 6) is -1.76. The Kier molecular flexibility index (Phi) is 9.62. The van der Waals surface area contributed by atoms with Crippen LogP contribution in [-0.4, -0.2) is 22.2 Å². The summed E-state index contributed by atoms with van der Waals surface area (Å²) in [5.41, 5.74) is 0.662. The van der Waals surface area contributed by atoms with E-state index >= 15 is 0 Å². The molecule has 1 fully saturated rings. The van der Waals surface area contributed by atoms with E-state index in [0.717, 1.165) is 0 Å². The summed E-state index contributed by atoms with van der Waals surface area (Å²) in [4.78, 5) is 20.4. The van der Waals surface area contributed by atoms with Crippen LogP contribution in [0.15, 0.2) is 60.7 Å². The highest BCUT2D eigenvalue weighted by atomic mass is 16.4. The molecule has 4 heteroatoms. The molecule has 0 bridgehead atoms. The van der Waals surface area contributed by atoms with Crippen LogP contribution in [0.4, 0.5) is 0 Å². The summed E-state index contributed by atoms with van der Waals surface area (Å²) in [6.07, 6.45) is 9.00. The number of hydrogen-bond donors (Lipinski definition) is 2. The van der Waals surface area contributed by atoms with Gasteiger partial charge in [0.15, 0.2) is 0 Å². The molecule has 0 aromatic heterocycles. The van der Waals surface area contributed by atoms with Crippen LogP contribution in [0.25, 0.3) is 0 Å². The zero-order valence-corrected chi connectivity index (χ0v) is 13.7. The van der Waals surface area contributed by atoms with Crippen LogP contribution in [0.1, 0.15) is 59.2 Å². The minimum absolute atomic E-state index is 0.331. The van der Waals surface area contributed by atoms with Crippen molar-refractivity contribution in [3.8, 4) is 0 Å². The molecule has 0 amide bonds. The Morgan fingerprint density at radius 3 is 0.958 bits per heavy atom. The van der Waals surface area contributed by atoms with Crippen LogP contribution in [-0.2, 0) is 0 Å². The predicted molar refractivity (Wildman–Crippen MR) is 94.5 cm³/mol. The first-order chi connectivity index (χ1) is 11.6. The summed E-state index contributed by atoms with van der Waals surface area (Å²) in [5, 5.41) is 16.8. The van der Waals surface area contributed by atoms with E-state index < -0.39 is 11.9 Å². The van der Waals surface area contributed by atoms with Crippen molar-refractivity contribution >= 4 is 11.9 Å². The molecule has 1 saturated carbocycles. The van der Waals surface area contributed by atoms with Gasteiger partial charge < -0.3 is 10.2 Å². The van der Waals surface area contributed by atoms with E-state index in [1.165, 1.54) is 38.5 Å². The predicted octanol–water partition coefficient (Wildman–Crippen LogP) is 5.11. The van der Waals surface area contributed by atoms with Crippen LogP contribution in [0.2, 0.25) is 0 Å². The second kappa shape index (κ2) is 11.9. The van der Waals surface area contributed by atoms with Gasteiger partial charge in [-0.25, -0.2) is 9.59 Å². The fourth-order valence-corrected chi connectivity index (χ4v) is 2.22. The fraction of sp³-hybridized carbons (Fsp3) is 0.300. The van der Waals surface area contributed by atoms with Crippen molar-refractivity contribution in [1.82, 2.24) is 0 Å². The highest BCUT2D eigenvalue weighted by Gasteiger charge is 1.97. The van der Waals surface area contributed by atoms with Gasteiger partial charge in [0.1, 0.15) is 0 Å². The molecule has 0 radical (unpaired) electrons. The smallest absolute Gasteiger partial charge is 0.335 e. The minimum atomic E-state index is -0.879. The van der Waals surface area contributed by atoms with Crippen LogP contribution in [0.5, 0.6) is 0 Å². The van der Waals surface area contributed by atoms with Crippen molar-refractivity contribution in [2.45, 2.75) is 38.5 Å².